The van der Waals surface area contributed by atoms with Crippen LogP contribution in [0, 0.1) is 0 Å². The molecule has 0 aromatic heterocycles. The summed E-state index contributed by atoms with van der Waals surface area (Å²) in [5.41, 5.74) is 0.463. The molecular formula is C21H24N2O5S. The fourth-order valence-electron chi connectivity index (χ4n) is 4.02. The predicted octanol–water partition coefficient (Wildman–Crippen LogP) is 2.68. The number of sulfonamides is 1. The van der Waals surface area contributed by atoms with Crippen molar-refractivity contribution < 1.29 is 22.7 Å². The Kier molecular flexibility index (Phi) is 5.45. The molecule has 0 N–H and O–H groups in total. The molecule has 0 atom stereocenters. The zero-order valence-electron chi connectivity index (χ0n) is 16.2. The van der Waals surface area contributed by atoms with Crippen LogP contribution in [0.4, 0.5) is 5.69 Å². The molecule has 2 heterocycles. The van der Waals surface area contributed by atoms with Crippen molar-refractivity contribution >= 4 is 38.4 Å². The van der Waals surface area contributed by atoms with Gasteiger partial charge in [0.25, 0.3) is 15.9 Å². The number of esters is 1. The average Bonchev–Trinajstić information content (AvgIpc) is 2.89. The lowest BCUT2D eigenvalue weighted by molar-refractivity contribution is -0.150. The lowest BCUT2D eigenvalue weighted by Gasteiger charge is -2.24. The van der Waals surface area contributed by atoms with Crippen molar-refractivity contribution in [3.05, 3.63) is 36.4 Å². The highest BCUT2D eigenvalue weighted by Gasteiger charge is 2.37. The molecule has 2 aliphatic rings. The van der Waals surface area contributed by atoms with Crippen LogP contribution in [0.25, 0.3) is 10.8 Å². The predicted molar refractivity (Wildman–Crippen MR) is 109 cm³/mol. The largest absolute Gasteiger partial charge is 0.454 e. The Balaban J connectivity index is 1.43. The van der Waals surface area contributed by atoms with Crippen LogP contribution >= 0.6 is 0 Å². The number of benzene rings is 2. The van der Waals surface area contributed by atoms with E-state index in [1.54, 1.807) is 23.1 Å². The van der Waals surface area contributed by atoms with E-state index in [2.05, 4.69) is 0 Å². The molecule has 0 aliphatic carbocycles. The Hall–Kier alpha value is -2.61. The average molecular weight is 416 g/mol. The highest BCUT2D eigenvalue weighted by Crippen LogP contribution is 2.41. The van der Waals surface area contributed by atoms with Gasteiger partial charge in [0.05, 0.1) is 10.6 Å². The maximum absolute atomic E-state index is 12.9. The summed E-state index contributed by atoms with van der Waals surface area (Å²) in [6.45, 7) is 0.537. The zero-order chi connectivity index (χ0) is 20.4. The molecule has 2 aliphatic heterocycles. The lowest BCUT2D eigenvalue weighted by atomic mass is 10.1. The van der Waals surface area contributed by atoms with Crippen LogP contribution in [-0.2, 0) is 24.3 Å². The van der Waals surface area contributed by atoms with Crippen LogP contribution < -0.4 is 4.31 Å². The fourth-order valence-corrected chi connectivity index (χ4v) is 5.68. The molecule has 0 spiro atoms. The second-order valence-corrected chi connectivity index (χ2v) is 9.28. The topological polar surface area (TPSA) is 84.0 Å². The smallest absolute Gasteiger partial charge is 0.327 e. The Morgan fingerprint density at radius 3 is 2.31 bits per heavy atom. The second kappa shape index (κ2) is 8.02. The monoisotopic (exact) mass is 416 g/mol. The van der Waals surface area contributed by atoms with E-state index >= 15 is 0 Å². The van der Waals surface area contributed by atoms with Gasteiger partial charge in [-0.2, -0.15) is 0 Å². The summed E-state index contributed by atoms with van der Waals surface area (Å²) in [5.74, 6) is -0.964. The van der Waals surface area contributed by atoms with Crippen molar-refractivity contribution in [2.75, 3.05) is 30.5 Å². The summed E-state index contributed by atoms with van der Waals surface area (Å²) >= 11 is 0. The molecule has 2 aromatic carbocycles. The Labute approximate surface area is 170 Å². The van der Waals surface area contributed by atoms with Crippen molar-refractivity contribution in [1.29, 1.82) is 0 Å². The molecule has 154 valence electrons. The minimum absolute atomic E-state index is 0.190. The number of likely N-dealkylation sites (tertiary alicyclic amines) is 1. The molecule has 2 aromatic rings. The second-order valence-electron chi connectivity index (χ2n) is 7.45. The number of carbonyl (C=O) groups excluding carboxylic acids is 2. The summed E-state index contributed by atoms with van der Waals surface area (Å²) in [6.07, 6.45) is 5.30. The van der Waals surface area contributed by atoms with Gasteiger partial charge in [0.2, 0.25) is 0 Å². The molecule has 0 radical (unpaired) electrons. The maximum atomic E-state index is 12.9. The molecule has 29 heavy (non-hydrogen) atoms. The van der Waals surface area contributed by atoms with E-state index in [9.17, 15) is 18.0 Å². The Morgan fingerprint density at radius 2 is 1.59 bits per heavy atom. The van der Waals surface area contributed by atoms with Gasteiger partial charge in [-0.05, 0) is 30.4 Å². The van der Waals surface area contributed by atoms with E-state index in [1.165, 1.54) is 12.5 Å². The standard InChI is InChI=1S/C21H24N2O5S/c24-19(22-12-4-2-1-3-5-13-22)15-28-20(25)14-23-17-10-6-8-16-9-7-11-18(21(16)17)29(23,26)27/h6-11H,1-5,12-15H2. The minimum Gasteiger partial charge on any atom is -0.454 e. The summed E-state index contributed by atoms with van der Waals surface area (Å²) in [4.78, 5) is 26.7. The van der Waals surface area contributed by atoms with Gasteiger partial charge < -0.3 is 9.64 Å². The number of anilines is 1. The molecule has 4 rings (SSSR count). The van der Waals surface area contributed by atoms with E-state index < -0.39 is 22.5 Å². The van der Waals surface area contributed by atoms with Gasteiger partial charge in [0.15, 0.2) is 6.61 Å². The van der Waals surface area contributed by atoms with Gasteiger partial charge in [0, 0.05) is 18.5 Å². The van der Waals surface area contributed by atoms with E-state index in [1.807, 2.05) is 12.1 Å². The van der Waals surface area contributed by atoms with Gasteiger partial charge in [-0.1, -0.05) is 43.5 Å². The van der Waals surface area contributed by atoms with Gasteiger partial charge >= 0.3 is 5.97 Å². The molecule has 0 unspecified atom stereocenters. The quantitative estimate of drug-likeness (QED) is 0.716. The van der Waals surface area contributed by atoms with Crippen molar-refractivity contribution in [2.45, 2.75) is 37.0 Å². The normalized spacial score (nSPS) is 18.3. The van der Waals surface area contributed by atoms with Crippen LogP contribution in [0.5, 0.6) is 0 Å². The minimum atomic E-state index is -3.82. The first-order valence-corrected chi connectivity index (χ1v) is 11.4. The van der Waals surface area contributed by atoms with Crippen molar-refractivity contribution in [3.63, 3.8) is 0 Å². The van der Waals surface area contributed by atoms with Gasteiger partial charge in [-0.3, -0.25) is 13.9 Å². The van der Waals surface area contributed by atoms with E-state index in [-0.39, 0.29) is 17.4 Å². The van der Waals surface area contributed by atoms with E-state index in [0.29, 0.717) is 24.2 Å². The van der Waals surface area contributed by atoms with E-state index in [4.69, 9.17) is 4.74 Å². The van der Waals surface area contributed by atoms with Gasteiger partial charge in [-0.25, -0.2) is 8.42 Å². The highest BCUT2D eigenvalue weighted by atomic mass is 32.2. The van der Waals surface area contributed by atoms with Crippen LogP contribution in [0.2, 0.25) is 0 Å². The van der Waals surface area contributed by atoms with Gasteiger partial charge in [0.1, 0.15) is 6.54 Å². The number of ether oxygens (including phenoxy) is 1. The first-order valence-electron chi connectivity index (χ1n) is 9.96. The number of amides is 1. The van der Waals surface area contributed by atoms with Crippen LogP contribution in [0.1, 0.15) is 32.1 Å². The Bertz CT molecular complexity index is 1040. The van der Waals surface area contributed by atoms with Crippen LogP contribution in [0.3, 0.4) is 0 Å². The molecule has 7 nitrogen and oxygen atoms in total. The SMILES string of the molecule is O=C(CN1c2cccc3cccc(c23)S1(=O)=O)OCC(=O)N1CCCCCCC1. The number of rotatable bonds is 4. The maximum Gasteiger partial charge on any atom is 0.327 e. The van der Waals surface area contributed by atoms with Crippen molar-refractivity contribution in [3.8, 4) is 0 Å². The number of carbonyl (C=O) groups is 2. The molecule has 8 heteroatoms. The summed E-state index contributed by atoms with van der Waals surface area (Å²) in [5, 5.41) is 1.41. The van der Waals surface area contributed by atoms with Gasteiger partial charge in [-0.15, -0.1) is 0 Å². The fraction of sp³-hybridized carbons (Fsp3) is 0.429. The van der Waals surface area contributed by atoms with E-state index in [0.717, 1.165) is 35.4 Å². The third-order valence-corrected chi connectivity index (χ3v) is 7.32. The molecule has 0 saturated carbocycles. The summed E-state index contributed by atoms with van der Waals surface area (Å²) in [7, 11) is -3.82. The lowest BCUT2D eigenvalue weighted by Crippen LogP contribution is -2.39. The van der Waals surface area contributed by atoms with Crippen LogP contribution in [0.15, 0.2) is 41.3 Å². The molecule has 1 saturated heterocycles. The first-order chi connectivity index (χ1) is 14.0. The summed E-state index contributed by atoms with van der Waals surface area (Å²) < 4.78 is 32.0. The molecular weight excluding hydrogens is 392 g/mol. The third kappa shape index (κ3) is 3.81. The number of hydrogen-bond acceptors (Lipinski definition) is 5. The molecule has 1 amide bonds. The highest BCUT2D eigenvalue weighted by molar-refractivity contribution is 7.93. The first kappa shape index (κ1) is 19.7. The number of hydrogen-bond donors (Lipinski definition) is 0. The summed E-state index contributed by atoms with van der Waals surface area (Å²) in [6, 6.07) is 10.3. The number of nitrogens with zero attached hydrogens (tertiary/aromatic N) is 2. The third-order valence-electron chi connectivity index (χ3n) is 5.52. The molecule has 0 bridgehead atoms. The van der Waals surface area contributed by atoms with Crippen LogP contribution in [-0.4, -0.2) is 51.4 Å². The Morgan fingerprint density at radius 1 is 0.931 bits per heavy atom. The van der Waals surface area contributed by atoms with Crippen molar-refractivity contribution in [2.24, 2.45) is 0 Å². The van der Waals surface area contributed by atoms with Crippen molar-refractivity contribution in [1.82, 2.24) is 4.90 Å². The zero-order valence-corrected chi connectivity index (χ0v) is 17.0. The molecule has 1 fully saturated rings.